The maximum atomic E-state index is 13.2. The Balaban J connectivity index is 1.73. The summed E-state index contributed by atoms with van der Waals surface area (Å²) in [6.07, 6.45) is 1.46. The number of amides is 2. The van der Waals surface area contributed by atoms with E-state index in [1.807, 2.05) is 62.4 Å². The van der Waals surface area contributed by atoms with Crippen molar-refractivity contribution in [3.05, 3.63) is 59.7 Å². The van der Waals surface area contributed by atoms with Gasteiger partial charge in [-0.15, -0.1) is 0 Å². The van der Waals surface area contributed by atoms with Gasteiger partial charge in [-0.25, -0.2) is 0 Å². The number of carbonyl (C=O) groups is 2. The van der Waals surface area contributed by atoms with Gasteiger partial charge in [0.25, 0.3) is 0 Å². The number of fused-ring (bicyclic) bond motifs is 1. The van der Waals surface area contributed by atoms with Crippen LogP contribution in [-0.2, 0) is 22.6 Å². The third kappa shape index (κ3) is 5.53. The van der Waals surface area contributed by atoms with Crippen LogP contribution >= 0.6 is 0 Å². The number of rotatable bonds is 9. The van der Waals surface area contributed by atoms with Crippen LogP contribution in [-0.4, -0.2) is 42.5 Å². The fourth-order valence-electron chi connectivity index (χ4n) is 3.63. The van der Waals surface area contributed by atoms with Gasteiger partial charge >= 0.3 is 0 Å². The van der Waals surface area contributed by atoms with Crippen molar-refractivity contribution in [2.24, 2.45) is 0 Å². The van der Waals surface area contributed by atoms with Crippen LogP contribution in [0.25, 0.3) is 0 Å². The highest BCUT2D eigenvalue weighted by Gasteiger charge is 2.28. The third-order valence-corrected chi connectivity index (χ3v) is 5.17. The zero-order valence-corrected chi connectivity index (χ0v) is 17.7. The van der Waals surface area contributed by atoms with Gasteiger partial charge < -0.3 is 19.7 Å². The van der Waals surface area contributed by atoms with Gasteiger partial charge in [-0.05, 0) is 43.0 Å². The van der Waals surface area contributed by atoms with E-state index >= 15 is 0 Å². The highest BCUT2D eigenvalue weighted by molar-refractivity contribution is 5.87. The van der Waals surface area contributed by atoms with E-state index in [1.54, 1.807) is 4.90 Å². The molecule has 0 aliphatic carbocycles. The van der Waals surface area contributed by atoms with Crippen LogP contribution in [0.3, 0.4) is 0 Å². The van der Waals surface area contributed by atoms with Crippen LogP contribution in [0.2, 0.25) is 0 Å². The smallest absolute Gasteiger partial charge is 0.242 e. The second-order valence-electron chi connectivity index (χ2n) is 7.30. The van der Waals surface area contributed by atoms with Crippen LogP contribution in [0, 0.1) is 0 Å². The highest BCUT2D eigenvalue weighted by atomic mass is 16.6. The Hall–Kier alpha value is -3.02. The Morgan fingerprint density at radius 2 is 1.73 bits per heavy atom. The highest BCUT2D eigenvalue weighted by Crippen LogP contribution is 2.31. The van der Waals surface area contributed by atoms with Crippen molar-refractivity contribution in [2.45, 2.75) is 45.7 Å². The Kier molecular flexibility index (Phi) is 7.71. The molecule has 1 heterocycles. The molecule has 2 aromatic rings. The van der Waals surface area contributed by atoms with Gasteiger partial charge in [-0.1, -0.05) is 43.3 Å². The van der Waals surface area contributed by atoms with Gasteiger partial charge in [-0.3, -0.25) is 9.59 Å². The Bertz CT molecular complexity index is 854. The van der Waals surface area contributed by atoms with Crippen LogP contribution < -0.4 is 14.8 Å². The number of hydrogen-bond donors (Lipinski definition) is 1. The van der Waals surface area contributed by atoms with Crippen molar-refractivity contribution in [3.8, 4) is 11.5 Å². The maximum absolute atomic E-state index is 13.2. The summed E-state index contributed by atoms with van der Waals surface area (Å²) in [5.41, 5.74) is 2.02. The van der Waals surface area contributed by atoms with E-state index < -0.39 is 6.04 Å². The minimum atomic E-state index is -0.488. The lowest BCUT2D eigenvalue weighted by molar-refractivity contribution is -0.141. The maximum Gasteiger partial charge on any atom is 0.242 e. The minimum absolute atomic E-state index is 0.0353. The van der Waals surface area contributed by atoms with E-state index in [4.69, 9.17) is 9.47 Å². The summed E-state index contributed by atoms with van der Waals surface area (Å²) in [6.45, 7) is 5.86. The summed E-state index contributed by atoms with van der Waals surface area (Å²) in [5.74, 6) is 1.32. The molecule has 0 radical (unpaired) electrons. The molecule has 2 aromatic carbocycles. The Labute approximate surface area is 178 Å². The molecule has 6 nitrogen and oxygen atoms in total. The van der Waals surface area contributed by atoms with Crippen LogP contribution in [0.5, 0.6) is 11.5 Å². The van der Waals surface area contributed by atoms with Crippen LogP contribution in [0.15, 0.2) is 48.5 Å². The molecule has 0 fully saturated rings. The first-order chi connectivity index (χ1) is 14.6. The summed E-state index contributed by atoms with van der Waals surface area (Å²) in [6, 6.07) is 15.1. The number of carbonyl (C=O) groups excluding carboxylic acids is 2. The van der Waals surface area contributed by atoms with E-state index in [0.29, 0.717) is 45.6 Å². The molecule has 0 spiro atoms. The van der Waals surface area contributed by atoms with E-state index in [1.165, 1.54) is 0 Å². The fraction of sp³-hybridized carbons (Fsp3) is 0.417. The number of benzene rings is 2. The molecule has 1 N–H and O–H groups in total. The molecule has 0 saturated heterocycles. The fourth-order valence-corrected chi connectivity index (χ4v) is 3.63. The zero-order valence-electron chi connectivity index (χ0n) is 17.7. The van der Waals surface area contributed by atoms with E-state index in [2.05, 4.69) is 5.32 Å². The number of nitrogens with one attached hydrogen (secondary N) is 1. The van der Waals surface area contributed by atoms with E-state index in [0.717, 1.165) is 22.6 Å². The lowest BCUT2D eigenvalue weighted by Crippen LogP contribution is -2.49. The zero-order chi connectivity index (χ0) is 21.3. The average Bonchev–Trinajstić information content (AvgIpc) is 2.78. The quantitative estimate of drug-likeness (QED) is 0.689. The second kappa shape index (κ2) is 10.7. The number of ether oxygens (including phenoxy) is 2. The number of nitrogens with zero attached hydrogens (tertiary/aromatic N) is 1. The summed E-state index contributed by atoms with van der Waals surface area (Å²) >= 11 is 0. The number of hydrogen-bond acceptors (Lipinski definition) is 4. The summed E-state index contributed by atoms with van der Waals surface area (Å²) < 4.78 is 11.2. The number of likely N-dealkylation sites (N-methyl/N-ethyl adjacent to an activating group) is 1. The molecule has 2 amide bonds. The predicted octanol–water partition coefficient (Wildman–Crippen LogP) is 3.33. The number of aryl methyl sites for hydroxylation is 1. The van der Waals surface area contributed by atoms with Crippen molar-refractivity contribution >= 4 is 11.8 Å². The molecule has 1 aliphatic rings. The molecule has 3 rings (SSSR count). The molecular formula is C24H30N2O4. The third-order valence-electron chi connectivity index (χ3n) is 5.17. The average molecular weight is 411 g/mol. The topological polar surface area (TPSA) is 67.9 Å². The monoisotopic (exact) mass is 410 g/mol. The van der Waals surface area contributed by atoms with Gasteiger partial charge in [0, 0.05) is 19.5 Å². The van der Waals surface area contributed by atoms with Gasteiger partial charge in [0.1, 0.15) is 19.3 Å². The SMILES string of the molecule is CCNC(=O)[C@@H](CC)N(Cc1ccccc1)C(=O)CCc1ccc2c(c1)OCCO2. The normalized spacial score (nSPS) is 13.4. The first kappa shape index (κ1) is 21.7. The summed E-state index contributed by atoms with van der Waals surface area (Å²) in [4.78, 5) is 27.5. The molecule has 6 heteroatoms. The van der Waals surface area contributed by atoms with E-state index in [9.17, 15) is 9.59 Å². The van der Waals surface area contributed by atoms with Crippen molar-refractivity contribution < 1.29 is 19.1 Å². The molecule has 30 heavy (non-hydrogen) atoms. The van der Waals surface area contributed by atoms with Crippen molar-refractivity contribution in [3.63, 3.8) is 0 Å². The van der Waals surface area contributed by atoms with Crippen molar-refractivity contribution in [1.29, 1.82) is 0 Å². The molecule has 1 aliphatic heterocycles. The van der Waals surface area contributed by atoms with Gasteiger partial charge in [0.2, 0.25) is 11.8 Å². The van der Waals surface area contributed by atoms with Crippen molar-refractivity contribution in [2.75, 3.05) is 19.8 Å². The van der Waals surface area contributed by atoms with Gasteiger partial charge in [0.15, 0.2) is 11.5 Å². The Morgan fingerprint density at radius 3 is 2.43 bits per heavy atom. The van der Waals surface area contributed by atoms with Crippen LogP contribution in [0.4, 0.5) is 0 Å². The van der Waals surface area contributed by atoms with Gasteiger partial charge in [-0.2, -0.15) is 0 Å². The largest absolute Gasteiger partial charge is 0.486 e. The standard InChI is InChI=1S/C24H30N2O4/c1-3-20(24(28)25-4-2)26(17-19-8-6-5-7-9-19)23(27)13-11-18-10-12-21-22(16-18)30-15-14-29-21/h5-10,12,16,20H,3-4,11,13-15,17H2,1-2H3,(H,25,28)/t20-/m1/s1. The molecule has 160 valence electrons. The molecule has 1 atom stereocenters. The minimum Gasteiger partial charge on any atom is -0.486 e. The summed E-state index contributed by atoms with van der Waals surface area (Å²) in [5, 5.41) is 2.86. The second-order valence-corrected chi connectivity index (χ2v) is 7.30. The molecule has 0 unspecified atom stereocenters. The van der Waals surface area contributed by atoms with E-state index in [-0.39, 0.29) is 11.8 Å². The molecule has 0 aromatic heterocycles. The lowest BCUT2D eigenvalue weighted by Gasteiger charge is -2.30. The van der Waals surface area contributed by atoms with Gasteiger partial charge in [0.05, 0.1) is 0 Å². The summed E-state index contributed by atoms with van der Waals surface area (Å²) in [7, 11) is 0. The van der Waals surface area contributed by atoms with Crippen molar-refractivity contribution in [1.82, 2.24) is 10.2 Å². The first-order valence-corrected chi connectivity index (χ1v) is 10.6. The molecule has 0 saturated carbocycles. The van der Waals surface area contributed by atoms with Crippen LogP contribution in [0.1, 0.15) is 37.8 Å². The lowest BCUT2D eigenvalue weighted by atomic mass is 10.1. The predicted molar refractivity (Wildman–Crippen MR) is 116 cm³/mol. The first-order valence-electron chi connectivity index (χ1n) is 10.6. The molecule has 0 bridgehead atoms. The Morgan fingerprint density at radius 1 is 1.00 bits per heavy atom. The molecular weight excluding hydrogens is 380 g/mol.